The quantitative estimate of drug-likeness (QED) is 0.507. The first kappa shape index (κ1) is 17.7. The van der Waals surface area contributed by atoms with E-state index >= 15 is 0 Å². The number of aromatic nitrogens is 4. The molecular formula is C20H19N5O3. The lowest BCUT2D eigenvalue weighted by atomic mass is 10.1. The Bertz CT molecular complexity index is 1020. The fourth-order valence-electron chi connectivity index (χ4n) is 2.82. The van der Waals surface area contributed by atoms with E-state index in [2.05, 4.69) is 20.6 Å². The number of furan rings is 1. The molecule has 0 aliphatic rings. The average Bonchev–Trinajstić information content (AvgIpc) is 3.48. The van der Waals surface area contributed by atoms with E-state index in [9.17, 15) is 4.79 Å². The van der Waals surface area contributed by atoms with Crippen LogP contribution < -0.4 is 5.32 Å². The smallest absolute Gasteiger partial charge is 0.238 e. The number of nitrogens with zero attached hydrogens (tertiary/aromatic N) is 4. The van der Waals surface area contributed by atoms with E-state index in [1.165, 1.54) is 0 Å². The van der Waals surface area contributed by atoms with Gasteiger partial charge in [-0.15, -0.1) is 0 Å². The maximum absolute atomic E-state index is 12.2. The molecule has 4 rings (SSSR count). The van der Waals surface area contributed by atoms with Crippen LogP contribution in [0.1, 0.15) is 23.4 Å². The molecule has 0 fully saturated rings. The fraction of sp³-hybridized carbons (Fsp3) is 0.200. The number of carbonyl (C=O) groups excluding carboxylic acids is 1. The van der Waals surface area contributed by atoms with Crippen molar-refractivity contribution in [2.45, 2.75) is 25.9 Å². The van der Waals surface area contributed by atoms with Crippen molar-refractivity contribution < 1.29 is 13.7 Å². The predicted molar refractivity (Wildman–Crippen MR) is 99.9 cm³/mol. The topological polar surface area (TPSA) is 99.0 Å². The second-order valence-electron chi connectivity index (χ2n) is 6.24. The van der Waals surface area contributed by atoms with Crippen molar-refractivity contribution in [3.05, 3.63) is 78.1 Å². The van der Waals surface area contributed by atoms with Gasteiger partial charge in [-0.3, -0.25) is 9.48 Å². The second kappa shape index (κ2) is 8.34. The Morgan fingerprint density at radius 1 is 1.11 bits per heavy atom. The minimum Gasteiger partial charge on any atom is -0.461 e. The molecule has 1 N–H and O–H groups in total. The summed E-state index contributed by atoms with van der Waals surface area (Å²) >= 11 is 0. The van der Waals surface area contributed by atoms with E-state index in [0.29, 0.717) is 37.0 Å². The molecule has 0 atom stereocenters. The molecule has 8 heteroatoms. The summed E-state index contributed by atoms with van der Waals surface area (Å²) in [5.41, 5.74) is 2.18. The first-order chi connectivity index (χ1) is 13.8. The third-order valence-corrected chi connectivity index (χ3v) is 4.26. The Morgan fingerprint density at radius 2 is 2.00 bits per heavy atom. The highest BCUT2D eigenvalue weighted by Gasteiger charge is 2.12. The maximum Gasteiger partial charge on any atom is 0.238 e. The lowest BCUT2D eigenvalue weighted by Gasteiger charge is -2.10. The van der Waals surface area contributed by atoms with Crippen LogP contribution in [-0.4, -0.2) is 25.8 Å². The van der Waals surface area contributed by atoms with Gasteiger partial charge in [0.05, 0.1) is 12.8 Å². The molecule has 0 unspecified atom stereocenters. The van der Waals surface area contributed by atoms with E-state index in [-0.39, 0.29) is 12.3 Å². The summed E-state index contributed by atoms with van der Waals surface area (Å²) < 4.78 is 12.2. The van der Waals surface area contributed by atoms with Gasteiger partial charge in [-0.25, -0.2) is 0 Å². The van der Waals surface area contributed by atoms with Crippen molar-refractivity contribution in [1.29, 1.82) is 0 Å². The summed E-state index contributed by atoms with van der Waals surface area (Å²) in [7, 11) is 0. The molecule has 0 saturated heterocycles. The molecule has 1 aromatic carbocycles. The summed E-state index contributed by atoms with van der Waals surface area (Å²) in [6.07, 6.45) is 5.84. The number of hydrogen-bond acceptors (Lipinski definition) is 6. The van der Waals surface area contributed by atoms with Crippen molar-refractivity contribution in [1.82, 2.24) is 25.2 Å². The molecule has 0 saturated carbocycles. The van der Waals surface area contributed by atoms with Crippen LogP contribution in [0.5, 0.6) is 0 Å². The van der Waals surface area contributed by atoms with E-state index in [1.54, 1.807) is 24.6 Å². The summed E-state index contributed by atoms with van der Waals surface area (Å²) in [4.78, 5) is 16.5. The number of rotatable bonds is 8. The number of amides is 1. The molecule has 0 bridgehead atoms. The number of hydrogen-bond donors (Lipinski definition) is 1. The highest BCUT2D eigenvalue weighted by molar-refractivity contribution is 5.76. The van der Waals surface area contributed by atoms with Crippen LogP contribution in [0.4, 0.5) is 0 Å². The molecule has 8 nitrogen and oxygen atoms in total. The molecule has 142 valence electrons. The fourth-order valence-corrected chi connectivity index (χ4v) is 2.82. The van der Waals surface area contributed by atoms with Gasteiger partial charge in [-0.1, -0.05) is 29.4 Å². The Morgan fingerprint density at radius 3 is 2.79 bits per heavy atom. The molecule has 0 spiro atoms. The zero-order valence-electron chi connectivity index (χ0n) is 15.1. The van der Waals surface area contributed by atoms with Gasteiger partial charge in [-0.05, 0) is 29.3 Å². The highest BCUT2D eigenvalue weighted by Crippen LogP contribution is 2.16. The Labute approximate surface area is 161 Å². The van der Waals surface area contributed by atoms with Gasteiger partial charge < -0.3 is 14.3 Å². The van der Waals surface area contributed by atoms with Crippen molar-refractivity contribution >= 4 is 5.91 Å². The number of aryl methyl sites for hydroxylation is 1. The lowest BCUT2D eigenvalue weighted by Crippen LogP contribution is -2.24. The molecule has 0 aliphatic carbocycles. The maximum atomic E-state index is 12.2. The van der Waals surface area contributed by atoms with Gasteiger partial charge in [0.25, 0.3) is 0 Å². The largest absolute Gasteiger partial charge is 0.461 e. The molecule has 4 aromatic rings. The molecule has 0 radical (unpaired) electrons. The van der Waals surface area contributed by atoms with Gasteiger partial charge in [0.15, 0.2) is 5.76 Å². The lowest BCUT2D eigenvalue weighted by molar-refractivity contribution is -0.121. The number of nitrogens with one attached hydrogen (secondary N) is 1. The van der Waals surface area contributed by atoms with E-state index < -0.39 is 0 Å². The van der Waals surface area contributed by atoms with E-state index in [1.807, 2.05) is 41.2 Å². The second-order valence-corrected chi connectivity index (χ2v) is 6.24. The minimum atomic E-state index is -0.0772. The van der Waals surface area contributed by atoms with E-state index in [0.717, 1.165) is 11.1 Å². The van der Waals surface area contributed by atoms with Crippen LogP contribution in [-0.2, 0) is 24.3 Å². The molecular weight excluding hydrogens is 358 g/mol. The standard InChI is InChI=1S/C20H19N5O3/c26-18(8-9-19-23-20(24-28-19)17-7-3-12-27-17)21-13-15-5-1-2-6-16(15)14-25-11-4-10-22-25/h1-7,10-12H,8-9,13-14H2,(H,21,26). The first-order valence-electron chi connectivity index (χ1n) is 8.95. The number of carbonyl (C=O) groups is 1. The molecule has 28 heavy (non-hydrogen) atoms. The third-order valence-electron chi connectivity index (χ3n) is 4.26. The Kier molecular flexibility index (Phi) is 5.28. The van der Waals surface area contributed by atoms with Crippen molar-refractivity contribution in [3.63, 3.8) is 0 Å². The number of benzene rings is 1. The summed E-state index contributed by atoms with van der Waals surface area (Å²) in [5.74, 6) is 1.24. The van der Waals surface area contributed by atoms with Gasteiger partial charge in [0.1, 0.15) is 0 Å². The minimum absolute atomic E-state index is 0.0772. The molecule has 1 amide bonds. The SMILES string of the molecule is O=C(CCc1nc(-c2ccco2)no1)NCc1ccccc1Cn1cccn1. The zero-order chi connectivity index (χ0) is 19.2. The first-order valence-corrected chi connectivity index (χ1v) is 8.95. The van der Waals surface area contributed by atoms with Gasteiger partial charge >= 0.3 is 0 Å². The summed E-state index contributed by atoms with van der Waals surface area (Å²) in [5, 5.41) is 11.0. The van der Waals surface area contributed by atoms with Crippen molar-refractivity contribution in [2.24, 2.45) is 0 Å². The summed E-state index contributed by atoms with van der Waals surface area (Å²) in [6, 6.07) is 13.4. The average molecular weight is 377 g/mol. The highest BCUT2D eigenvalue weighted by atomic mass is 16.5. The van der Waals surface area contributed by atoms with Gasteiger partial charge in [0, 0.05) is 31.8 Å². The molecule has 0 aliphatic heterocycles. The van der Waals surface area contributed by atoms with Crippen LogP contribution in [0.15, 0.2) is 70.1 Å². The zero-order valence-corrected chi connectivity index (χ0v) is 15.1. The Hall–Kier alpha value is -3.68. The third kappa shape index (κ3) is 4.35. The van der Waals surface area contributed by atoms with E-state index in [4.69, 9.17) is 8.94 Å². The van der Waals surface area contributed by atoms with Crippen LogP contribution in [0.3, 0.4) is 0 Å². The van der Waals surface area contributed by atoms with Crippen LogP contribution >= 0.6 is 0 Å². The predicted octanol–water partition coefficient (Wildman–Crippen LogP) is 2.82. The van der Waals surface area contributed by atoms with Crippen LogP contribution in [0.25, 0.3) is 11.6 Å². The van der Waals surface area contributed by atoms with Gasteiger partial charge in [0.2, 0.25) is 17.6 Å². The summed E-state index contributed by atoms with van der Waals surface area (Å²) in [6.45, 7) is 1.12. The van der Waals surface area contributed by atoms with Crippen molar-refractivity contribution in [3.8, 4) is 11.6 Å². The monoisotopic (exact) mass is 377 g/mol. The molecule has 3 aromatic heterocycles. The van der Waals surface area contributed by atoms with Crippen LogP contribution in [0.2, 0.25) is 0 Å². The van der Waals surface area contributed by atoms with Crippen molar-refractivity contribution in [2.75, 3.05) is 0 Å². The van der Waals surface area contributed by atoms with Gasteiger partial charge in [-0.2, -0.15) is 10.1 Å². The van der Waals surface area contributed by atoms with Crippen LogP contribution in [0, 0.1) is 0 Å². The normalized spacial score (nSPS) is 10.9. The molecule has 3 heterocycles. The Balaban J connectivity index is 1.29.